The van der Waals surface area contributed by atoms with Crippen molar-refractivity contribution in [3.63, 3.8) is 0 Å². The van der Waals surface area contributed by atoms with Gasteiger partial charge in [0.2, 0.25) is 0 Å². The van der Waals surface area contributed by atoms with Gasteiger partial charge in [0.25, 0.3) is 0 Å². The van der Waals surface area contributed by atoms with E-state index in [1.54, 1.807) is 0 Å². The molecule has 0 aliphatic carbocycles. The maximum Gasteiger partial charge on any atom is 0.0431 e. The predicted octanol–water partition coefficient (Wildman–Crippen LogP) is 2.34. The highest BCUT2D eigenvalue weighted by atomic mass is 16.3. The Morgan fingerprint density at radius 3 is 1.69 bits per heavy atom. The summed E-state index contributed by atoms with van der Waals surface area (Å²) in [5.41, 5.74) is 0. The first kappa shape index (κ1) is 12.9. The van der Waals surface area contributed by atoms with E-state index in [4.69, 9.17) is 10.2 Å². The third-order valence-corrected chi connectivity index (χ3v) is 2.51. The van der Waals surface area contributed by atoms with Gasteiger partial charge in [-0.15, -0.1) is 0 Å². The molecule has 2 nitrogen and oxygen atoms in total. The molecule has 0 saturated carbocycles. The van der Waals surface area contributed by atoms with E-state index < -0.39 is 0 Å². The predicted molar refractivity (Wildman–Crippen MR) is 55.7 cm³/mol. The number of aliphatic hydroxyl groups is 2. The Kier molecular flexibility index (Phi) is 9.94. The van der Waals surface area contributed by atoms with Gasteiger partial charge in [-0.3, -0.25) is 0 Å². The van der Waals surface area contributed by atoms with Crippen molar-refractivity contribution in [2.24, 2.45) is 5.92 Å². The molecule has 0 unspecified atom stereocenters. The zero-order chi connectivity index (χ0) is 9.94. The van der Waals surface area contributed by atoms with Crippen LogP contribution >= 0.6 is 0 Å². The normalized spacial score (nSPS) is 11.1. The van der Waals surface area contributed by atoms with Gasteiger partial charge in [-0.25, -0.2) is 0 Å². The van der Waals surface area contributed by atoms with Crippen LogP contribution in [-0.4, -0.2) is 23.4 Å². The lowest BCUT2D eigenvalue weighted by Crippen LogP contribution is -2.03. The standard InChI is InChI=1S/C11H24O2/c1-2-3-6-11(7-4-9-12)8-5-10-13/h11-13H,2-10H2,1H3. The second kappa shape index (κ2) is 10.0. The molecule has 0 aliphatic heterocycles. The molecule has 0 fully saturated rings. The summed E-state index contributed by atoms with van der Waals surface area (Å²) in [6.07, 6.45) is 7.86. The Hall–Kier alpha value is -0.0800. The van der Waals surface area contributed by atoms with E-state index in [1.165, 1.54) is 19.3 Å². The lowest BCUT2D eigenvalue weighted by molar-refractivity contribution is 0.243. The van der Waals surface area contributed by atoms with E-state index in [2.05, 4.69) is 6.92 Å². The maximum atomic E-state index is 8.72. The van der Waals surface area contributed by atoms with Crippen LogP contribution in [0.5, 0.6) is 0 Å². The smallest absolute Gasteiger partial charge is 0.0431 e. The second-order valence-electron chi connectivity index (χ2n) is 3.74. The Labute approximate surface area is 82.0 Å². The van der Waals surface area contributed by atoms with Crippen LogP contribution in [0.2, 0.25) is 0 Å². The van der Waals surface area contributed by atoms with Gasteiger partial charge in [0.15, 0.2) is 0 Å². The van der Waals surface area contributed by atoms with Crippen molar-refractivity contribution in [3.8, 4) is 0 Å². The molecule has 0 aliphatic rings. The molecule has 0 aromatic rings. The average Bonchev–Trinajstić information content (AvgIpc) is 2.17. The van der Waals surface area contributed by atoms with E-state index in [0.29, 0.717) is 13.2 Å². The van der Waals surface area contributed by atoms with E-state index in [9.17, 15) is 0 Å². The van der Waals surface area contributed by atoms with Crippen molar-refractivity contribution < 1.29 is 10.2 Å². The quantitative estimate of drug-likeness (QED) is 0.583. The van der Waals surface area contributed by atoms with Crippen LogP contribution in [0.4, 0.5) is 0 Å². The van der Waals surface area contributed by atoms with E-state index in [1.807, 2.05) is 0 Å². The molecule has 80 valence electrons. The van der Waals surface area contributed by atoms with Gasteiger partial charge in [-0.1, -0.05) is 26.2 Å². The molecule has 0 rings (SSSR count). The highest BCUT2D eigenvalue weighted by molar-refractivity contribution is 4.59. The summed E-state index contributed by atoms with van der Waals surface area (Å²) >= 11 is 0. The Morgan fingerprint density at radius 2 is 1.31 bits per heavy atom. The van der Waals surface area contributed by atoms with Gasteiger partial charge in [-0.2, -0.15) is 0 Å². The first-order valence-corrected chi connectivity index (χ1v) is 5.56. The van der Waals surface area contributed by atoms with Gasteiger partial charge in [0.1, 0.15) is 0 Å². The molecule has 2 heteroatoms. The minimum Gasteiger partial charge on any atom is -0.396 e. The Morgan fingerprint density at radius 1 is 0.846 bits per heavy atom. The topological polar surface area (TPSA) is 40.5 Å². The molecular formula is C11H24O2. The van der Waals surface area contributed by atoms with Crippen LogP contribution in [0.25, 0.3) is 0 Å². The lowest BCUT2D eigenvalue weighted by Gasteiger charge is -2.14. The minimum atomic E-state index is 0.307. The van der Waals surface area contributed by atoms with Crippen LogP contribution in [0.15, 0.2) is 0 Å². The Balaban J connectivity index is 3.47. The highest BCUT2D eigenvalue weighted by Gasteiger charge is 2.06. The van der Waals surface area contributed by atoms with Crippen LogP contribution in [0, 0.1) is 5.92 Å². The maximum absolute atomic E-state index is 8.72. The van der Waals surface area contributed by atoms with Crippen LogP contribution in [0.3, 0.4) is 0 Å². The van der Waals surface area contributed by atoms with Crippen LogP contribution < -0.4 is 0 Å². The lowest BCUT2D eigenvalue weighted by atomic mass is 9.92. The van der Waals surface area contributed by atoms with Gasteiger partial charge in [0.05, 0.1) is 0 Å². The van der Waals surface area contributed by atoms with Gasteiger partial charge >= 0.3 is 0 Å². The summed E-state index contributed by atoms with van der Waals surface area (Å²) in [6, 6.07) is 0. The molecule has 0 aromatic heterocycles. The van der Waals surface area contributed by atoms with E-state index in [-0.39, 0.29) is 0 Å². The molecule has 0 amide bonds. The van der Waals surface area contributed by atoms with Crippen LogP contribution in [0.1, 0.15) is 51.9 Å². The molecule has 0 heterocycles. The second-order valence-corrected chi connectivity index (χ2v) is 3.74. The van der Waals surface area contributed by atoms with Crippen molar-refractivity contribution >= 4 is 0 Å². The molecule has 2 N–H and O–H groups in total. The summed E-state index contributed by atoms with van der Waals surface area (Å²) in [6.45, 7) is 2.82. The summed E-state index contributed by atoms with van der Waals surface area (Å²) in [7, 11) is 0. The molecule has 0 aromatic carbocycles. The number of hydrogen-bond acceptors (Lipinski definition) is 2. The van der Waals surface area contributed by atoms with Crippen LogP contribution in [-0.2, 0) is 0 Å². The molecule has 0 bridgehead atoms. The fourth-order valence-electron chi connectivity index (χ4n) is 1.69. The number of aliphatic hydroxyl groups excluding tert-OH is 2. The number of rotatable bonds is 9. The Bertz CT molecular complexity index is 75.1. The third-order valence-electron chi connectivity index (χ3n) is 2.51. The van der Waals surface area contributed by atoms with Crippen molar-refractivity contribution in [2.45, 2.75) is 51.9 Å². The first-order chi connectivity index (χ1) is 6.35. The molecule has 13 heavy (non-hydrogen) atoms. The highest BCUT2D eigenvalue weighted by Crippen LogP contribution is 2.19. The molecule has 0 atom stereocenters. The third kappa shape index (κ3) is 8.26. The summed E-state index contributed by atoms with van der Waals surface area (Å²) in [5, 5.41) is 17.4. The largest absolute Gasteiger partial charge is 0.396 e. The van der Waals surface area contributed by atoms with Gasteiger partial charge < -0.3 is 10.2 Å². The zero-order valence-electron chi connectivity index (χ0n) is 8.84. The number of unbranched alkanes of at least 4 members (excludes halogenated alkanes) is 1. The fourth-order valence-corrected chi connectivity index (χ4v) is 1.69. The molecule has 0 radical (unpaired) electrons. The van der Waals surface area contributed by atoms with E-state index in [0.717, 1.165) is 31.6 Å². The van der Waals surface area contributed by atoms with Crippen molar-refractivity contribution in [3.05, 3.63) is 0 Å². The SMILES string of the molecule is CCCCC(CCCO)CCCO. The van der Waals surface area contributed by atoms with Crippen molar-refractivity contribution in [1.29, 1.82) is 0 Å². The summed E-state index contributed by atoms with van der Waals surface area (Å²) in [5.74, 6) is 0.722. The summed E-state index contributed by atoms with van der Waals surface area (Å²) in [4.78, 5) is 0. The number of hydrogen-bond donors (Lipinski definition) is 2. The van der Waals surface area contributed by atoms with Gasteiger partial charge in [0, 0.05) is 13.2 Å². The zero-order valence-corrected chi connectivity index (χ0v) is 8.84. The molecular weight excluding hydrogens is 164 g/mol. The molecule has 0 saturated heterocycles. The monoisotopic (exact) mass is 188 g/mol. The van der Waals surface area contributed by atoms with Crippen molar-refractivity contribution in [2.75, 3.05) is 13.2 Å². The average molecular weight is 188 g/mol. The van der Waals surface area contributed by atoms with Gasteiger partial charge in [-0.05, 0) is 31.6 Å². The van der Waals surface area contributed by atoms with Crippen molar-refractivity contribution in [1.82, 2.24) is 0 Å². The molecule has 0 spiro atoms. The fraction of sp³-hybridized carbons (Fsp3) is 1.00. The summed E-state index contributed by atoms with van der Waals surface area (Å²) < 4.78 is 0. The van der Waals surface area contributed by atoms with E-state index >= 15 is 0 Å². The first-order valence-electron chi connectivity index (χ1n) is 5.56. The minimum absolute atomic E-state index is 0.307.